The zero-order valence-corrected chi connectivity index (χ0v) is 10.7. The quantitative estimate of drug-likeness (QED) is 0.722. The van der Waals surface area contributed by atoms with E-state index < -0.39 is 0 Å². The normalized spacial score (nSPS) is 32.6. The molecule has 2 heterocycles. The van der Waals surface area contributed by atoms with E-state index in [2.05, 4.69) is 15.5 Å². The molecule has 3 rings (SSSR count). The summed E-state index contributed by atoms with van der Waals surface area (Å²) < 4.78 is 0. The van der Waals surface area contributed by atoms with Gasteiger partial charge < -0.3 is 15.5 Å². The molecule has 1 aliphatic carbocycles. The fourth-order valence-electron chi connectivity index (χ4n) is 2.98. The van der Waals surface area contributed by atoms with Crippen LogP contribution < -0.4 is 10.6 Å². The van der Waals surface area contributed by atoms with Gasteiger partial charge in [-0.3, -0.25) is 9.59 Å². The number of carbonyl (C=O) groups is 2. The van der Waals surface area contributed by atoms with Gasteiger partial charge in [-0.05, 0) is 31.7 Å². The molecule has 2 aliphatic heterocycles. The van der Waals surface area contributed by atoms with Crippen LogP contribution in [0.1, 0.15) is 25.7 Å². The molecule has 2 unspecified atom stereocenters. The first-order valence-electron chi connectivity index (χ1n) is 7.01. The number of rotatable bonds is 4. The second-order valence-electron chi connectivity index (χ2n) is 5.83. The maximum Gasteiger partial charge on any atom is 0.225 e. The number of nitrogens with zero attached hydrogens (tertiary/aromatic N) is 1. The Morgan fingerprint density at radius 3 is 2.89 bits per heavy atom. The summed E-state index contributed by atoms with van der Waals surface area (Å²) in [5.74, 6) is 0.479. The molecule has 1 saturated carbocycles. The topological polar surface area (TPSA) is 61.4 Å². The number of amides is 2. The van der Waals surface area contributed by atoms with E-state index in [1.807, 2.05) is 0 Å². The van der Waals surface area contributed by atoms with E-state index in [-0.39, 0.29) is 17.7 Å². The van der Waals surface area contributed by atoms with Crippen LogP contribution in [0.25, 0.3) is 0 Å². The molecule has 5 heteroatoms. The van der Waals surface area contributed by atoms with E-state index in [9.17, 15) is 9.59 Å². The van der Waals surface area contributed by atoms with Crippen LogP contribution in [-0.4, -0.2) is 48.9 Å². The summed E-state index contributed by atoms with van der Waals surface area (Å²) >= 11 is 0. The molecule has 2 amide bonds. The predicted molar refractivity (Wildman–Crippen MR) is 66.8 cm³/mol. The van der Waals surface area contributed by atoms with Gasteiger partial charge in [-0.15, -0.1) is 0 Å². The highest BCUT2D eigenvalue weighted by molar-refractivity contribution is 5.89. The van der Waals surface area contributed by atoms with Crippen molar-refractivity contribution in [1.29, 1.82) is 0 Å². The lowest BCUT2D eigenvalue weighted by Gasteiger charge is -2.16. The maximum absolute atomic E-state index is 11.9. The Labute approximate surface area is 107 Å². The zero-order chi connectivity index (χ0) is 12.5. The molecule has 2 atom stereocenters. The molecule has 3 fully saturated rings. The average molecular weight is 251 g/mol. The molecule has 3 aliphatic rings. The minimum atomic E-state index is -0.154. The first-order chi connectivity index (χ1) is 8.72. The summed E-state index contributed by atoms with van der Waals surface area (Å²) in [4.78, 5) is 25.5. The van der Waals surface area contributed by atoms with Gasteiger partial charge >= 0.3 is 0 Å². The standard InChI is InChI=1S/C13H21N3O2/c17-12-5-10(7-14-12)13(18)15-6-9-3-4-16(8-9)11-1-2-11/h9-11H,1-8H2,(H,14,17)(H,15,18). The third kappa shape index (κ3) is 2.66. The van der Waals surface area contributed by atoms with Gasteiger partial charge in [-0.25, -0.2) is 0 Å². The monoisotopic (exact) mass is 251 g/mol. The molecule has 0 aromatic heterocycles. The number of likely N-dealkylation sites (tertiary alicyclic amines) is 1. The molecular formula is C13H21N3O2. The minimum absolute atomic E-state index is 0.00377. The summed E-state index contributed by atoms with van der Waals surface area (Å²) in [6.45, 7) is 3.59. The van der Waals surface area contributed by atoms with Gasteiger partial charge in [0, 0.05) is 32.1 Å². The van der Waals surface area contributed by atoms with Gasteiger partial charge in [0.2, 0.25) is 11.8 Å². The molecule has 0 spiro atoms. The van der Waals surface area contributed by atoms with Gasteiger partial charge in [0.05, 0.1) is 5.92 Å². The van der Waals surface area contributed by atoms with Crippen molar-refractivity contribution < 1.29 is 9.59 Å². The Morgan fingerprint density at radius 2 is 2.22 bits per heavy atom. The van der Waals surface area contributed by atoms with Crippen LogP contribution in [0.5, 0.6) is 0 Å². The second kappa shape index (κ2) is 4.88. The first kappa shape index (κ1) is 12.0. The fraction of sp³-hybridized carbons (Fsp3) is 0.846. The van der Waals surface area contributed by atoms with E-state index in [4.69, 9.17) is 0 Å². The Hall–Kier alpha value is -1.10. The van der Waals surface area contributed by atoms with Crippen LogP contribution in [0.15, 0.2) is 0 Å². The number of hydrogen-bond donors (Lipinski definition) is 2. The van der Waals surface area contributed by atoms with Crippen LogP contribution >= 0.6 is 0 Å². The van der Waals surface area contributed by atoms with Crippen molar-refractivity contribution in [3.8, 4) is 0 Å². The van der Waals surface area contributed by atoms with E-state index in [0.717, 1.165) is 19.1 Å². The summed E-state index contributed by atoms with van der Waals surface area (Å²) in [5.41, 5.74) is 0. The summed E-state index contributed by atoms with van der Waals surface area (Å²) in [6, 6.07) is 0.836. The summed E-state index contributed by atoms with van der Waals surface area (Å²) in [5, 5.41) is 5.71. The number of nitrogens with one attached hydrogen (secondary N) is 2. The lowest BCUT2D eigenvalue weighted by atomic mass is 10.1. The van der Waals surface area contributed by atoms with E-state index in [1.54, 1.807) is 0 Å². The van der Waals surface area contributed by atoms with Crippen molar-refractivity contribution in [3.05, 3.63) is 0 Å². The van der Waals surface area contributed by atoms with Crippen LogP contribution in [0.4, 0.5) is 0 Å². The Bertz CT molecular complexity index is 354. The lowest BCUT2D eigenvalue weighted by molar-refractivity contribution is -0.126. The van der Waals surface area contributed by atoms with Crippen molar-refractivity contribution in [3.63, 3.8) is 0 Å². The molecule has 0 aromatic carbocycles. The molecule has 0 radical (unpaired) electrons. The predicted octanol–water partition coefficient (Wildman–Crippen LogP) is -0.277. The van der Waals surface area contributed by atoms with Gasteiger partial charge in [0.1, 0.15) is 0 Å². The van der Waals surface area contributed by atoms with E-state index in [1.165, 1.54) is 25.8 Å². The summed E-state index contributed by atoms with van der Waals surface area (Å²) in [6.07, 6.45) is 4.26. The minimum Gasteiger partial charge on any atom is -0.355 e. The Balaban J connectivity index is 1.39. The molecule has 0 bridgehead atoms. The smallest absolute Gasteiger partial charge is 0.225 e. The van der Waals surface area contributed by atoms with Crippen LogP contribution in [0, 0.1) is 11.8 Å². The molecule has 100 valence electrons. The Morgan fingerprint density at radius 1 is 1.39 bits per heavy atom. The summed E-state index contributed by atoms with van der Waals surface area (Å²) in [7, 11) is 0. The van der Waals surface area contributed by atoms with Crippen LogP contribution in [0.2, 0.25) is 0 Å². The van der Waals surface area contributed by atoms with Crippen LogP contribution in [-0.2, 0) is 9.59 Å². The fourth-order valence-corrected chi connectivity index (χ4v) is 2.98. The number of carbonyl (C=O) groups excluding carboxylic acids is 2. The largest absolute Gasteiger partial charge is 0.355 e. The third-order valence-electron chi connectivity index (χ3n) is 4.29. The first-order valence-corrected chi connectivity index (χ1v) is 7.01. The van der Waals surface area contributed by atoms with Gasteiger partial charge in [-0.1, -0.05) is 0 Å². The highest BCUT2D eigenvalue weighted by Crippen LogP contribution is 2.31. The number of hydrogen-bond acceptors (Lipinski definition) is 3. The highest BCUT2D eigenvalue weighted by Gasteiger charge is 2.35. The lowest BCUT2D eigenvalue weighted by Crippen LogP contribution is -2.36. The second-order valence-corrected chi connectivity index (χ2v) is 5.83. The van der Waals surface area contributed by atoms with Gasteiger partial charge in [-0.2, -0.15) is 0 Å². The van der Waals surface area contributed by atoms with Crippen molar-refractivity contribution in [2.24, 2.45) is 11.8 Å². The van der Waals surface area contributed by atoms with E-state index >= 15 is 0 Å². The van der Waals surface area contributed by atoms with Gasteiger partial charge in [0.25, 0.3) is 0 Å². The highest BCUT2D eigenvalue weighted by atomic mass is 16.2. The van der Waals surface area contributed by atoms with Crippen molar-refractivity contribution in [1.82, 2.24) is 15.5 Å². The van der Waals surface area contributed by atoms with E-state index in [0.29, 0.717) is 18.9 Å². The molecule has 2 saturated heterocycles. The molecule has 18 heavy (non-hydrogen) atoms. The van der Waals surface area contributed by atoms with Crippen molar-refractivity contribution in [2.45, 2.75) is 31.7 Å². The van der Waals surface area contributed by atoms with Crippen LogP contribution in [0.3, 0.4) is 0 Å². The van der Waals surface area contributed by atoms with Crippen molar-refractivity contribution >= 4 is 11.8 Å². The molecule has 0 aromatic rings. The molecular weight excluding hydrogens is 230 g/mol. The van der Waals surface area contributed by atoms with Gasteiger partial charge in [0.15, 0.2) is 0 Å². The molecule has 5 nitrogen and oxygen atoms in total. The average Bonchev–Trinajstić information content (AvgIpc) is 2.95. The molecule has 2 N–H and O–H groups in total. The Kier molecular flexibility index (Phi) is 3.24. The third-order valence-corrected chi connectivity index (χ3v) is 4.29. The SMILES string of the molecule is O=C1CC(C(=O)NCC2CCN(C3CC3)C2)CN1. The zero-order valence-electron chi connectivity index (χ0n) is 10.7. The maximum atomic E-state index is 11.9. The van der Waals surface area contributed by atoms with Crippen molar-refractivity contribution in [2.75, 3.05) is 26.2 Å².